The van der Waals surface area contributed by atoms with Gasteiger partial charge in [0.05, 0.1) is 0 Å². The summed E-state index contributed by atoms with van der Waals surface area (Å²) in [6.07, 6.45) is 1.79. The Morgan fingerprint density at radius 1 is 1.32 bits per heavy atom. The van der Waals surface area contributed by atoms with Crippen LogP contribution in [0.2, 0.25) is 0 Å². The van der Waals surface area contributed by atoms with Gasteiger partial charge in [0.25, 0.3) is 0 Å². The number of nitrogens with zero attached hydrogens (tertiary/aromatic N) is 2. The lowest BCUT2D eigenvalue weighted by Gasteiger charge is -2.03. The first kappa shape index (κ1) is 13.4. The highest BCUT2D eigenvalue weighted by molar-refractivity contribution is 5.59. The van der Waals surface area contributed by atoms with Gasteiger partial charge in [0.1, 0.15) is 0 Å². The monoisotopic (exact) mass is 263 g/mol. The highest BCUT2D eigenvalue weighted by Crippen LogP contribution is 2.30. The van der Waals surface area contributed by atoms with Crippen molar-refractivity contribution in [1.29, 1.82) is 0 Å². The smallest absolute Gasteiger partial charge is 0.229 e. The standard InChI is InChI=1S/C13H17N3O3/c1-8(3-2-6-14)13-15-12(16-19-13)9-4-5-10(17)11(18)7-9/h4-5,7-8,17-18H,2-3,6,14H2,1H3. The summed E-state index contributed by atoms with van der Waals surface area (Å²) >= 11 is 0. The molecule has 102 valence electrons. The average molecular weight is 263 g/mol. The lowest BCUT2D eigenvalue weighted by Crippen LogP contribution is -2.02. The first-order valence-corrected chi connectivity index (χ1v) is 6.18. The third-order valence-electron chi connectivity index (χ3n) is 2.94. The van der Waals surface area contributed by atoms with Crippen molar-refractivity contribution in [3.8, 4) is 22.9 Å². The maximum absolute atomic E-state index is 9.44. The van der Waals surface area contributed by atoms with E-state index in [4.69, 9.17) is 10.3 Å². The zero-order valence-electron chi connectivity index (χ0n) is 10.7. The van der Waals surface area contributed by atoms with E-state index in [-0.39, 0.29) is 17.4 Å². The molecule has 0 spiro atoms. The number of phenolic OH excluding ortho intramolecular Hbond substituents is 2. The van der Waals surface area contributed by atoms with Gasteiger partial charge in [-0.15, -0.1) is 0 Å². The minimum absolute atomic E-state index is 0.149. The number of phenols is 2. The number of aromatic nitrogens is 2. The van der Waals surface area contributed by atoms with Gasteiger partial charge in [-0.3, -0.25) is 0 Å². The number of hydrogen-bond acceptors (Lipinski definition) is 6. The van der Waals surface area contributed by atoms with Crippen molar-refractivity contribution < 1.29 is 14.7 Å². The maximum Gasteiger partial charge on any atom is 0.229 e. The lowest BCUT2D eigenvalue weighted by molar-refractivity contribution is 0.352. The first-order chi connectivity index (χ1) is 9.11. The van der Waals surface area contributed by atoms with E-state index in [0.717, 1.165) is 12.8 Å². The van der Waals surface area contributed by atoms with E-state index in [1.807, 2.05) is 6.92 Å². The van der Waals surface area contributed by atoms with Gasteiger partial charge in [-0.1, -0.05) is 12.1 Å². The van der Waals surface area contributed by atoms with Crippen molar-refractivity contribution in [2.45, 2.75) is 25.7 Å². The van der Waals surface area contributed by atoms with Gasteiger partial charge < -0.3 is 20.5 Å². The number of nitrogens with two attached hydrogens (primary N) is 1. The van der Waals surface area contributed by atoms with Crippen molar-refractivity contribution in [2.24, 2.45) is 5.73 Å². The van der Waals surface area contributed by atoms with Crippen LogP contribution in [0.3, 0.4) is 0 Å². The Balaban J connectivity index is 2.18. The summed E-state index contributed by atoms with van der Waals surface area (Å²) in [5.74, 6) is 0.709. The van der Waals surface area contributed by atoms with Gasteiger partial charge in [-0.25, -0.2) is 0 Å². The first-order valence-electron chi connectivity index (χ1n) is 6.18. The molecular formula is C13H17N3O3. The van der Waals surface area contributed by atoms with Crippen LogP contribution in [0.15, 0.2) is 22.7 Å². The summed E-state index contributed by atoms with van der Waals surface area (Å²) in [6.45, 7) is 2.64. The third-order valence-corrected chi connectivity index (χ3v) is 2.94. The summed E-state index contributed by atoms with van der Waals surface area (Å²) in [7, 11) is 0. The minimum Gasteiger partial charge on any atom is -0.504 e. The van der Waals surface area contributed by atoms with Gasteiger partial charge in [0.15, 0.2) is 11.5 Å². The molecule has 0 saturated heterocycles. The number of benzene rings is 1. The van der Waals surface area contributed by atoms with Crippen molar-refractivity contribution in [3.05, 3.63) is 24.1 Å². The van der Waals surface area contributed by atoms with Crippen molar-refractivity contribution >= 4 is 0 Å². The van der Waals surface area contributed by atoms with E-state index in [2.05, 4.69) is 10.1 Å². The molecular weight excluding hydrogens is 246 g/mol. The molecule has 0 bridgehead atoms. The average Bonchev–Trinajstić information content (AvgIpc) is 2.89. The molecule has 2 aromatic rings. The molecule has 0 saturated carbocycles. The molecule has 1 aromatic heterocycles. The second-order valence-corrected chi connectivity index (χ2v) is 4.49. The Kier molecular flexibility index (Phi) is 4.01. The predicted octanol–water partition coefficient (Wildman–Crippen LogP) is 1.99. The van der Waals surface area contributed by atoms with Crippen LogP contribution in [-0.4, -0.2) is 26.9 Å². The molecule has 0 radical (unpaired) electrons. The molecule has 2 rings (SSSR count). The quantitative estimate of drug-likeness (QED) is 0.712. The highest BCUT2D eigenvalue weighted by Gasteiger charge is 2.15. The molecule has 6 heteroatoms. The fraction of sp³-hybridized carbons (Fsp3) is 0.385. The summed E-state index contributed by atoms with van der Waals surface area (Å²) in [5.41, 5.74) is 6.06. The van der Waals surface area contributed by atoms with E-state index in [1.54, 1.807) is 6.07 Å². The molecule has 1 unspecified atom stereocenters. The van der Waals surface area contributed by atoms with E-state index in [1.165, 1.54) is 12.1 Å². The molecule has 0 aliphatic heterocycles. The summed E-state index contributed by atoms with van der Waals surface area (Å²) in [6, 6.07) is 4.40. The van der Waals surface area contributed by atoms with Crippen molar-refractivity contribution in [1.82, 2.24) is 10.1 Å². The fourth-order valence-electron chi connectivity index (χ4n) is 1.76. The van der Waals surface area contributed by atoms with Gasteiger partial charge in [-0.2, -0.15) is 4.98 Å². The molecule has 19 heavy (non-hydrogen) atoms. The molecule has 4 N–H and O–H groups in total. The Hall–Kier alpha value is -2.08. The van der Waals surface area contributed by atoms with Gasteiger partial charge in [0, 0.05) is 11.5 Å². The fourth-order valence-corrected chi connectivity index (χ4v) is 1.76. The molecule has 1 heterocycles. The molecule has 1 aromatic carbocycles. The molecule has 0 aliphatic rings. The summed E-state index contributed by atoms with van der Waals surface area (Å²) < 4.78 is 5.20. The highest BCUT2D eigenvalue weighted by atomic mass is 16.5. The van der Waals surface area contributed by atoms with Crippen molar-refractivity contribution in [3.63, 3.8) is 0 Å². The van der Waals surface area contributed by atoms with Crippen LogP contribution in [0.1, 0.15) is 31.6 Å². The second-order valence-electron chi connectivity index (χ2n) is 4.49. The Morgan fingerprint density at radius 3 is 2.79 bits per heavy atom. The number of aromatic hydroxyl groups is 2. The maximum atomic E-state index is 9.44. The van der Waals surface area contributed by atoms with Crippen LogP contribution in [0.4, 0.5) is 0 Å². The SMILES string of the molecule is CC(CCCN)c1nc(-c2ccc(O)c(O)c2)no1. The third kappa shape index (κ3) is 3.03. The predicted molar refractivity (Wildman–Crippen MR) is 69.8 cm³/mol. The van der Waals surface area contributed by atoms with Crippen molar-refractivity contribution in [2.75, 3.05) is 6.54 Å². The largest absolute Gasteiger partial charge is 0.504 e. The summed E-state index contributed by atoms with van der Waals surface area (Å²) in [4.78, 5) is 4.29. The number of rotatable bonds is 5. The normalized spacial score (nSPS) is 12.5. The lowest BCUT2D eigenvalue weighted by atomic mass is 10.1. The van der Waals surface area contributed by atoms with Gasteiger partial charge in [-0.05, 0) is 37.6 Å². The minimum atomic E-state index is -0.208. The van der Waals surface area contributed by atoms with Gasteiger partial charge >= 0.3 is 0 Å². The molecule has 0 fully saturated rings. The number of hydrogen-bond donors (Lipinski definition) is 3. The van der Waals surface area contributed by atoms with E-state index >= 15 is 0 Å². The van der Waals surface area contributed by atoms with E-state index < -0.39 is 0 Å². The Labute approximate surface area is 110 Å². The van der Waals surface area contributed by atoms with Crippen LogP contribution in [0.25, 0.3) is 11.4 Å². The topological polar surface area (TPSA) is 105 Å². The molecule has 6 nitrogen and oxygen atoms in total. The van der Waals surface area contributed by atoms with Crippen LogP contribution < -0.4 is 5.73 Å². The van der Waals surface area contributed by atoms with Gasteiger partial charge in [0.2, 0.25) is 11.7 Å². The van der Waals surface area contributed by atoms with E-state index in [0.29, 0.717) is 23.8 Å². The zero-order chi connectivity index (χ0) is 13.8. The van der Waals surface area contributed by atoms with E-state index in [9.17, 15) is 10.2 Å². The molecule has 0 amide bonds. The zero-order valence-corrected chi connectivity index (χ0v) is 10.7. The van der Waals surface area contributed by atoms with Crippen LogP contribution in [-0.2, 0) is 0 Å². The van der Waals surface area contributed by atoms with Crippen LogP contribution >= 0.6 is 0 Å². The second kappa shape index (κ2) is 5.71. The Morgan fingerprint density at radius 2 is 2.11 bits per heavy atom. The summed E-state index contributed by atoms with van der Waals surface area (Å²) in [5, 5.41) is 22.6. The van der Waals surface area contributed by atoms with Crippen LogP contribution in [0, 0.1) is 0 Å². The molecule has 1 atom stereocenters. The molecule has 0 aliphatic carbocycles. The Bertz CT molecular complexity index is 554. The van der Waals surface area contributed by atoms with Crippen LogP contribution in [0.5, 0.6) is 11.5 Å².